The van der Waals surface area contributed by atoms with Crippen LogP contribution in [0.1, 0.15) is 70.0 Å². The molecule has 0 unspecified atom stereocenters. The molecule has 0 aromatic heterocycles. The minimum atomic E-state index is -0.263. The number of hydrogen-bond acceptors (Lipinski definition) is 3. The quantitative estimate of drug-likeness (QED) is 0.718. The first kappa shape index (κ1) is 17.1. The summed E-state index contributed by atoms with van der Waals surface area (Å²) in [5, 5.41) is 3.70. The van der Waals surface area contributed by atoms with Crippen LogP contribution in [0.2, 0.25) is 0 Å². The highest BCUT2D eigenvalue weighted by Gasteiger charge is 2.44. The summed E-state index contributed by atoms with van der Waals surface area (Å²) in [4.78, 5) is 0. The van der Waals surface area contributed by atoms with Gasteiger partial charge in [-0.25, -0.2) is 4.39 Å². The fourth-order valence-electron chi connectivity index (χ4n) is 4.91. The molecule has 2 aliphatic heterocycles. The highest BCUT2D eigenvalue weighted by atomic mass is 19.1. The second kappa shape index (κ2) is 7.53. The van der Waals surface area contributed by atoms with Crippen molar-refractivity contribution in [3.05, 3.63) is 23.5 Å². The van der Waals surface area contributed by atoms with Crippen LogP contribution in [0.5, 0.6) is 5.75 Å². The number of unbranched alkanes of at least 4 members (excludes halogenated alkanes) is 1. The normalized spacial score (nSPS) is 29.0. The minimum Gasteiger partial charge on any atom is -0.491 e. The Hall–Kier alpha value is -1.29. The zero-order valence-electron chi connectivity index (χ0n) is 15.2. The molecule has 3 atom stereocenters. The van der Waals surface area contributed by atoms with E-state index in [0.717, 1.165) is 37.1 Å². The van der Waals surface area contributed by atoms with E-state index < -0.39 is 0 Å². The van der Waals surface area contributed by atoms with E-state index in [0.29, 0.717) is 30.2 Å². The molecule has 1 aromatic rings. The Balaban J connectivity index is 1.60. The number of ether oxygens (including phenoxy) is 2. The zero-order valence-corrected chi connectivity index (χ0v) is 15.2. The summed E-state index contributed by atoms with van der Waals surface area (Å²) in [5.74, 6) is 1.31. The Kier molecular flexibility index (Phi) is 5.16. The summed E-state index contributed by atoms with van der Waals surface area (Å²) in [6.45, 7) is 3.49. The Morgan fingerprint density at radius 3 is 2.84 bits per heavy atom. The standard InChI is InChI=1S/C21H30FNO2/c1-2-3-10-24-19-12-16-18(13-17(19)22)23-20(14-7-5-4-6-8-14)15-9-11-25-21(15)16/h12-15,20-21,23H,2-11H2,1H3/t15-,20+,21-/m0/s1. The first-order valence-corrected chi connectivity index (χ1v) is 10.1. The lowest BCUT2D eigenvalue weighted by molar-refractivity contribution is 0.0728. The highest BCUT2D eigenvalue weighted by Crippen LogP contribution is 2.49. The Morgan fingerprint density at radius 2 is 2.04 bits per heavy atom. The minimum absolute atomic E-state index is 0.0947. The van der Waals surface area contributed by atoms with Crippen molar-refractivity contribution in [1.82, 2.24) is 0 Å². The van der Waals surface area contributed by atoms with Crippen LogP contribution in [-0.4, -0.2) is 19.3 Å². The molecule has 0 spiro atoms. The molecular weight excluding hydrogens is 317 g/mol. The molecule has 4 heteroatoms. The van der Waals surface area contributed by atoms with Crippen molar-refractivity contribution < 1.29 is 13.9 Å². The van der Waals surface area contributed by atoms with Gasteiger partial charge in [-0.15, -0.1) is 0 Å². The highest BCUT2D eigenvalue weighted by molar-refractivity contribution is 5.59. The number of halogens is 1. The first-order chi connectivity index (χ1) is 12.3. The summed E-state index contributed by atoms with van der Waals surface area (Å²) in [5.41, 5.74) is 2.00. The topological polar surface area (TPSA) is 30.5 Å². The van der Waals surface area contributed by atoms with E-state index in [-0.39, 0.29) is 11.9 Å². The number of nitrogens with one attached hydrogen (secondary N) is 1. The molecule has 1 aromatic carbocycles. The number of fused-ring (bicyclic) bond motifs is 3. The molecule has 0 bridgehead atoms. The third-order valence-electron chi connectivity index (χ3n) is 6.24. The lowest BCUT2D eigenvalue weighted by Gasteiger charge is -2.42. The molecule has 25 heavy (non-hydrogen) atoms. The molecule has 3 nitrogen and oxygen atoms in total. The average Bonchev–Trinajstić information content (AvgIpc) is 3.12. The lowest BCUT2D eigenvalue weighted by Crippen LogP contribution is -2.42. The first-order valence-electron chi connectivity index (χ1n) is 10.1. The van der Waals surface area contributed by atoms with Crippen LogP contribution in [0, 0.1) is 17.7 Å². The van der Waals surface area contributed by atoms with Crippen LogP contribution in [0.15, 0.2) is 12.1 Å². The summed E-state index contributed by atoms with van der Waals surface area (Å²) >= 11 is 0. The monoisotopic (exact) mass is 347 g/mol. The predicted octanol–water partition coefficient (Wildman–Crippen LogP) is 5.46. The molecule has 3 aliphatic rings. The van der Waals surface area contributed by atoms with Gasteiger partial charge in [0.05, 0.1) is 12.7 Å². The Labute approximate surface area is 150 Å². The molecule has 2 fully saturated rings. The van der Waals surface area contributed by atoms with E-state index in [4.69, 9.17) is 9.47 Å². The van der Waals surface area contributed by atoms with Gasteiger partial charge in [0.1, 0.15) is 0 Å². The maximum atomic E-state index is 14.5. The molecule has 1 saturated heterocycles. The van der Waals surface area contributed by atoms with Crippen molar-refractivity contribution in [2.45, 2.75) is 70.4 Å². The van der Waals surface area contributed by atoms with E-state index in [1.807, 2.05) is 6.07 Å². The maximum Gasteiger partial charge on any atom is 0.167 e. The third kappa shape index (κ3) is 3.38. The van der Waals surface area contributed by atoms with Gasteiger partial charge < -0.3 is 14.8 Å². The van der Waals surface area contributed by atoms with Crippen molar-refractivity contribution in [2.24, 2.45) is 11.8 Å². The summed E-state index contributed by atoms with van der Waals surface area (Å²) < 4.78 is 26.3. The summed E-state index contributed by atoms with van der Waals surface area (Å²) in [6.07, 6.45) is 9.77. The fraction of sp³-hybridized carbons (Fsp3) is 0.714. The van der Waals surface area contributed by atoms with Crippen LogP contribution >= 0.6 is 0 Å². The second-order valence-corrected chi connectivity index (χ2v) is 7.88. The van der Waals surface area contributed by atoms with Crippen LogP contribution < -0.4 is 10.1 Å². The third-order valence-corrected chi connectivity index (χ3v) is 6.24. The van der Waals surface area contributed by atoms with Gasteiger partial charge in [0.25, 0.3) is 0 Å². The van der Waals surface area contributed by atoms with E-state index in [9.17, 15) is 4.39 Å². The van der Waals surface area contributed by atoms with Crippen LogP contribution in [0.3, 0.4) is 0 Å². The predicted molar refractivity (Wildman–Crippen MR) is 97.6 cm³/mol. The van der Waals surface area contributed by atoms with Gasteiger partial charge in [-0.2, -0.15) is 0 Å². The van der Waals surface area contributed by atoms with Crippen LogP contribution in [0.4, 0.5) is 10.1 Å². The molecular formula is C21H30FNO2. The van der Waals surface area contributed by atoms with E-state index >= 15 is 0 Å². The fourth-order valence-corrected chi connectivity index (χ4v) is 4.91. The summed E-state index contributed by atoms with van der Waals surface area (Å²) in [7, 11) is 0. The van der Waals surface area contributed by atoms with E-state index in [1.54, 1.807) is 6.07 Å². The van der Waals surface area contributed by atoms with Crippen LogP contribution in [0.25, 0.3) is 0 Å². The van der Waals surface area contributed by atoms with Gasteiger partial charge in [0.15, 0.2) is 11.6 Å². The largest absolute Gasteiger partial charge is 0.491 e. The molecule has 4 rings (SSSR count). The molecule has 2 heterocycles. The smallest absolute Gasteiger partial charge is 0.167 e. The second-order valence-electron chi connectivity index (χ2n) is 7.88. The number of rotatable bonds is 5. The van der Waals surface area contributed by atoms with Gasteiger partial charge in [-0.1, -0.05) is 32.6 Å². The van der Waals surface area contributed by atoms with E-state index in [2.05, 4.69) is 12.2 Å². The van der Waals surface area contributed by atoms with Crippen LogP contribution in [-0.2, 0) is 4.74 Å². The van der Waals surface area contributed by atoms with Gasteiger partial charge >= 0.3 is 0 Å². The Morgan fingerprint density at radius 1 is 1.20 bits per heavy atom. The number of benzene rings is 1. The van der Waals surface area contributed by atoms with Gasteiger partial charge in [-0.3, -0.25) is 0 Å². The van der Waals surface area contributed by atoms with Gasteiger partial charge in [-0.05, 0) is 37.7 Å². The Bertz CT molecular complexity index is 600. The van der Waals surface area contributed by atoms with Gasteiger partial charge in [0, 0.05) is 35.9 Å². The number of anilines is 1. The molecule has 0 amide bonds. The molecule has 1 saturated carbocycles. The summed E-state index contributed by atoms with van der Waals surface area (Å²) in [6, 6.07) is 3.93. The average molecular weight is 347 g/mol. The van der Waals surface area contributed by atoms with Crippen molar-refractivity contribution >= 4 is 5.69 Å². The SMILES string of the molecule is CCCCOc1cc2c(cc1F)N[C@H](C1CCCCC1)[C@@H]1CCO[C@H]21. The zero-order chi connectivity index (χ0) is 17.2. The van der Waals surface area contributed by atoms with Gasteiger partial charge in [0.2, 0.25) is 0 Å². The molecule has 0 radical (unpaired) electrons. The van der Waals surface area contributed by atoms with Crippen molar-refractivity contribution in [3.8, 4) is 5.75 Å². The molecule has 1 N–H and O–H groups in total. The molecule has 138 valence electrons. The van der Waals surface area contributed by atoms with Crippen molar-refractivity contribution in [2.75, 3.05) is 18.5 Å². The maximum absolute atomic E-state index is 14.5. The van der Waals surface area contributed by atoms with Crippen molar-refractivity contribution in [3.63, 3.8) is 0 Å². The lowest BCUT2D eigenvalue weighted by atomic mass is 9.73. The van der Waals surface area contributed by atoms with Crippen molar-refractivity contribution in [1.29, 1.82) is 0 Å². The van der Waals surface area contributed by atoms with E-state index in [1.165, 1.54) is 32.1 Å². The molecule has 1 aliphatic carbocycles. The number of hydrogen-bond donors (Lipinski definition) is 1.